The Labute approximate surface area is 606 Å². The number of piperazine rings is 1. The van der Waals surface area contributed by atoms with Crippen molar-refractivity contribution in [2.45, 2.75) is 36.3 Å². The average Bonchev–Trinajstić information content (AvgIpc) is 0.749. The third-order valence-electron chi connectivity index (χ3n) is 15.0. The standard InChI is InChI=1S/C57H49Cl2N19O21S6/c1-27(79)62-36-25-38(40(97-2)26-37(36)73-71-31-20-28-6-3-4-7-32(28)44(24-31)103(88,89)90)64-56-67-53(59)68-57(70-56)78-18-16-77(17-19-78)15-14-61-54-65-52(58)66-55(69-54)63-30-10-13-43(102(85,86)87)39(23-30)74-75-48-41(100-99-98-81)21-29-22-45(104(91,92)93)49(47(60)46(29)50(48)80)76-72-35-12-11-33-34(51(35)105(94,95)96)8-5-9-42(33)101(82,83)84/h3-13,20-26,80-81H,14-19,60H2,1-2H3,(H,62,79)(H,82,83,84)(H,85,86,87)(H,88,89,90)(H,91,92,93)(H,94,95,96)(H,64,67,68,70)(H2,61,63,65,66,69). The summed E-state index contributed by atoms with van der Waals surface area (Å²) in [7, 11) is -24.2. The van der Waals surface area contributed by atoms with Crippen molar-refractivity contribution in [2.24, 2.45) is 30.7 Å². The molecule has 13 N–H and O–H groups in total. The van der Waals surface area contributed by atoms with Crippen molar-refractivity contribution < 1.29 is 94.1 Å². The molecule has 0 unspecified atom stereocenters. The molecule has 1 aliphatic rings. The number of phenols is 1. The number of halogens is 2. The average molecular weight is 1600 g/mol. The van der Waals surface area contributed by atoms with Gasteiger partial charge in [-0.2, -0.15) is 77.1 Å². The van der Waals surface area contributed by atoms with E-state index in [0.29, 0.717) is 44.2 Å². The number of benzene rings is 8. The van der Waals surface area contributed by atoms with Crippen LogP contribution in [0.4, 0.5) is 80.7 Å². The van der Waals surface area contributed by atoms with Gasteiger partial charge in [-0.15, -0.1) is 29.9 Å². The zero-order chi connectivity index (χ0) is 75.7. The molecule has 48 heteroatoms. The lowest BCUT2D eigenvalue weighted by Gasteiger charge is -2.34. The van der Waals surface area contributed by atoms with Crippen LogP contribution in [-0.2, 0) is 64.8 Å². The van der Waals surface area contributed by atoms with Crippen LogP contribution in [0.2, 0.25) is 10.6 Å². The van der Waals surface area contributed by atoms with Crippen molar-refractivity contribution in [3.05, 3.63) is 120 Å². The Hall–Kier alpha value is -10.3. The highest BCUT2D eigenvalue weighted by molar-refractivity contribution is 7.94. The van der Waals surface area contributed by atoms with E-state index < -0.39 is 131 Å². The third kappa shape index (κ3) is 17.6. The number of nitrogens with one attached hydrogen (secondary N) is 4. The highest BCUT2D eigenvalue weighted by Crippen LogP contribution is 2.51. The summed E-state index contributed by atoms with van der Waals surface area (Å²) >= 11 is 12.9. The normalized spacial score (nSPS) is 13.6. The van der Waals surface area contributed by atoms with E-state index >= 15 is 0 Å². The molecule has 1 saturated heterocycles. The maximum atomic E-state index is 12.9. The van der Waals surface area contributed by atoms with Crippen LogP contribution in [0.5, 0.6) is 11.5 Å². The fourth-order valence-electron chi connectivity index (χ4n) is 10.6. The molecule has 0 radical (unpaired) electrons. The molecule has 2 aromatic heterocycles. The molecule has 1 fully saturated rings. The van der Waals surface area contributed by atoms with Crippen LogP contribution < -0.4 is 36.6 Å². The minimum atomic E-state index is -5.40. The molecule has 0 bridgehead atoms. The number of methoxy groups -OCH3 is 1. The highest BCUT2D eigenvalue weighted by atomic mass is 35.5. The largest absolute Gasteiger partial charge is 0.505 e. The second kappa shape index (κ2) is 30.4. The Morgan fingerprint density at radius 3 is 1.91 bits per heavy atom. The van der Waals surface area contributed by atoms with Gasteiger partial charge < -0.3 is 41.7 Å². The number of phenolic OH excluding ortho intramolecular Hbond substituents is 1. The molecule has 548 valence electrons. The zero-order valence-corrected chi connectivity index (χ0v) is 59.4. The third-order valence-corrected chi connectivity index (χ3v) is 20.5. The number of hydrogen-bond donors (Lipinski definition) is 12. The molecule has 0 atom stereocenters. The minimum Gasteiger partial charge on any atom is -0.505 e. The van der Waals surface area contributed by atoms with Crippen molar-refractivity contribution >= 4 is 205 Å². The zero-order valence-electron chi connectivity index (χ0n) is 53.0. The first-order valence-electron chi connectivity index (χ1n) is 29.2. The summed E-state index contributed by atoms with van der Waals surface area (Å²) in [5, 5.41) is 58.7. The Morgan fingerprint density at radius 1 is 0.590 bits per heavy atom. The molecule has 0 spiro atoms. The quantitative estimate of drug-likeness (QED) is 0.00631. The summed E-state index contributed by atoms with van der Waals surface area (Å²) in [5.41, 5.74) is 3.05. The van der Waals surface area contributed by atoms with E-state index in [9.17, 15) is 74.8 Å². The fourth-order valence-corrected chi connectivity index (χ4v) is 15.0. The molecule has 0 aliphatic carbocycles. The SMILES string of the molecule is COc1cc(N=Nc2cc(S(=O)(=O)O)c3ccccc3c2)c(NC(C)=O)cc1Nc1nc(Cl)nc(N2CCN(CCNc3nc(Cl)nc(Nc4ccc(S(=O)(=O)O)c(N=Nc5c(SOOO)cc6cc(S(=O)(=O)O)c(N=Nc7ccc8c(S(=O)(=O)O)cccc8c7S(=O)(=O)O)c(N)c6c5O)c4)n3)CC2)n1. The van der Waals surface area contributed by atoms with Gasteiger partial charge in [-0.3, -0.25) is 32.5 Å². The van der Waals surface area contributed by atoms with Crippen LogP contribution in [0.15, 0.2) is 169 Å². The van der Waals surface area contributed by atoms with Gasteiger partial charge in [0.15, 0.2) is 5.75 Å². The highest BCUT2D eigenvalue weighted by Gasteiger charge is 2.30. The number of anilines is 8. The monoisotopic (exact) mass is 1600 g/mol. The molecule has 1 aliphatic heterocycles. The molecule has 11 rings (SSSR count). The molecular formula is C57H49Cl2N19O21S6. The Morgan fingerprint density at radius 2 is 1.24 bits per heavy atom. The van der Waals surface area contributed by atoms with Crippen molar-refractivity contribution in [3.63, 3.8) is 0 Å². The number of aromatic nitrogens is 6. The van der Waals surface area contributed by atoms with Gasteiger partial charge in [0.25, 0.3) is 50.6 Å². The van der Waals surface area contributed by atoms with E-state index in [1.54, 1.807) is 24.3 Å². The van der Waals surface area contributed by atoms with Crippen LogP contribution in [-0.4, -0.2) is 162 Å². The molecule has 1 amide bonds. The van der Waals surface area contributed by atoms with Gasteiger partial charge in [-0.25, -0.2) is 5.26 Å². The van der Waals surface area contributed by atoms with Crippen LogP contribution in [0.25, 0.3) is 32.3 Å². The van der Waals surface area contributed by atoms with E-state index in [4.69, 9.17) is 38.9 Å². The van der Waals surface area contributed by atoms with Crippen LogP contribution >= 0.6 is 35.2 Å². The number of nitrogens with zero attached hydrogens (tertiary/aromatic N) is 14. The van der Waals surface area contributed by atoms with Crippen molar-refractivity contribution in [1.82, 2.24) is 34.8 Å². The summed E-state index contributed by atoms with van der Waals surface area (Å²) < 4.78 is 187. The lowest BCUT2D eigenvalue weighted by Crippen LogP contribution is -2.48. The van der Waals surface area contributed by atoms with E-state index in [1.807, 2.05) is 4.90 Å². The van der Waals surface area contributed by atoms with Gasteiger partial charge in [0.2, 0.25) is 40.3 Å². The second-order valence-electron chi connectivity index (χ2n) is 21.9. The molecule has 10 aromatic rings. The molecule has 8 aromatic carbocycles. The number of hydrogen-bond acceptors (Lipinski definition) is 35. The first-order chi connectivity index (χ1) is 49.5. The molecule has 40 nitrogen and oxygen atoms in total. The Kier molecular flexibility index (Phi) is 22.0. The summed E-state index contributed by atoms with van der Waals surface area (Å²) in [4.78, 5) is 37.5. The van der Waals surface area contributed by atoms with Gasteiger partial charge in [-0.1, -0.05) is 47.5 Å². The predicted octanol–water partition coefficient (Wildman–Crippen LogP) is 10.7. The number of ether oxygens (including phenoxy) is 1. The van der Waals surface area contributed by atoms with E-state index in [1.165, 1.54) is 32.2 Å². The number of carbonyl (C=O) groups excluding carboxylic acids is 1. The van der Waals surface area contributed by atoms with E-state index in [0.717, 1.165) is 60.7 Å². The Bertz CT molecular complexity index is 5910. The predicted molar refractivity (Wildman–Crippen MR) is 377 cm³/mol. The number of fused-ring (bicyclic) bond motifs is 3. The summed E-state index contributed by atoms with van der Waals surface area (Å²) in [5.74, 6) is -1.32. The molecule has 3 heterocycles. The summed E-state index contributed by atoms with van der Waals surface area (Å²) in [6.45, 7) is 3.79. The number of amides is 1. The lowest BCUT2D eigenvalue weighted by molar-refractivity contribution is -0.432. The van der Waals surface area contributed by atoms with Gasteiger partial charge >= 0.3 is 0 Å². The topological polar surface area (TPSA) is 589 Å². The van der Waals surface area contributed by atoms with Gasteiger partial charge in [0.1, 0.15) is 58.7 Å². The minimum absolute atomic E-state index is 0.000687. The van der Waals surface area contributed by atoms with Crippen molar-refractivity contribution in [3.8, 4) is 11.5 Å². The van der Waals surface area contributed by atoms with Crippen LogP contribution in [0.3, 0.4) is 0 Å². The smallest absolute Gasteiger partial charge is 0.297 e. The summed E-state index contributed by atoms with van der Waals surface area (Å²) in [6.07, 6.45) is 0. The second-order valence-corrected chi connectivity index (χ2v) is 30.2. The van der Waals surface area contributed by atoms with E-state index in [2.05, 4.69) is 96.1 Å². The summed E-state index contributed by atoms with van der Waals surface area (Å²) in [6, 6.07) is 21.7. The molecule has 0 saturated carbocycles. The van der Waals surface area contributed by atoms with Gasteiger partial charge in [-0.05, 0) is 94.6 Å². The van der Waals surface area contributed by atoms with Gasteiger partial charge in [0.05, 0.1) is 52.2 Å². The first-order valence-corrected chi connectivity index (χ1v) is 37.9. The molecule has 105 heavy (non-hydrogen) atoms. The lowest BCUT2D eigenvalue weighted by atomic mass is 10.1. The fraction of sp³-hybridized carbons (Fsp3) is 0.140. The number of nitrogen functional groups attached to an aromatic ring is 1. The number of carbonyl (C=O) groups is 1. The van der Waals surface area contributed by atoms with Crippen molar-refractivity contribution in [2.75, 3.05) is 78.3 Å². The first kappa shape index (κ1) is 75.9. The van der Waals surface area contributed by atoms with Crippen molar-refractivity contribution in [1.29, 1.82) is 0 Å². The number of nitrogens with two attached hydrogens (primary N) is 1. The maximum absolute atomic E-state index is 12.9. The molecular weight excluding hydrogens is 1550 g/mol. The number of rotatable bonds is 25. The van der Waals surface area contributed by atoms with Crippen LogP contribution in [0, 0.1) is 0 Å². The van der Waals surface area contributed by atoms with Crippen LogP contribution in [0.1, 0.15) is 6.92 Å². The maximum Gasteiger partial charge on any atom is 0.297 e. The number of azo groups is 3. The number of aromatic hydroxyl groups is 1. The van der Waals surface area contributed by atoms with Gasteiger partial charge in [0, 0.05) is 74.1 Å². The van der Waals surface area contributed by atoms with E-state index in [-0.39, 0.29) is 103 Å². The Balaban J connectivity index is 0.783.